The molecule has 0 saturated carbocycles. The Morgan fingerprint density at radius 3 is 2.74 bits per heavy atom. The average Bonchev–Trinajstić information content (AvgIpc) is 2.43. The fourth-order valence-corrected chi connectivity index (χ4v) is 1.61. The molecule has 19 heavy (non-hydrogen) atoms. The van der Waals surface area contributed by atoms with E-state index in [9.17, 15) is 4.79 Å². The number of hydrogen-bond acceptors (Lipinski definition) is 4. The Hall–Kier alpha value is -2.26. The van der Waals surface area contributed by atoms with E-state index in [0.29, 0.717) is 11.4 Å². The van der Waals surface area contributed by atoms with Crippen molar-refractivity contribution in [2.45, 2.75) is 6.92 Å². The lowest BCUT2D eigenvalue weighted by Crippen LogP contribution is -2.14. The second-order valence-corrected chi connectivity index (χ2v) is 4.62. The summed E-state index contributed by atoms with van der Waals surface area (Å²) in [5.74, 6) is 0.0931. The summed E-state index contributed by atoms with van der Waals surface area (Å²) in [6, 6.07) is 8.49. The number of halogens is 1. The van der Waals surface area contributed by atoms with Gasteiger partial charge in [-0.1, -0.05) is 0 Å². The Kier molecular flexibility index (Phi) is 3.88. The lowest BCUT2D eigenvalue weighted by Gasteiger charge is -2.05. The summed E-state index contributed by atoms with van der Waals surface area (Å²) >= 11 is 3.34. The van der Waals surface area contributed by atoms with E-state index in [1.165, 1.54) is 12.3 Å². The van der Waals surface area contributed by atoms with Gasteiger partial charge in [0, 0.05) is 10.7 Å². The molecule has 1 amide bonds. The van der Waals surface area contributed by atoms with Gasteiger partial charge < -0.3 is 5.32 Å². The second kappa shape index (κ2) is 5.59. The van der Waals surface area contributed by atoms with Crippen molar-refractivity contribution in [2.24, 2.45) is 0 Å². The quantitative estimate of drug-likeness (QED) is 0.923. The maximum Gasteiger partial charge on any atom is 0.275 e. The molecule has 2 aromatic rings. The van der Waals surface area contributed by atoms with Crippen LogP contribution in [0.2, 0.25) is 0 Å². The zero-order valence-corrected chi connectivity index (χ0v) is 11.6. The van der Waals surface area contributed by atoms with Crippen LogP contribution >= 0.6 is 15.9 Å². The molecule has 0 bridgehead atoms. The molecule has 0 aliphatic heterocycles. The lowest BCUT2D eigenvalue weighted by molar-refractivity contribution is 0.102. The average molecular weight is 317 g/mol. The minimum Gasteiger partial charge on any atom is -0.305 e. The van der Waals surface area contributed by atoms with Gasteiger partial charge in [0.05, 0.1) is 11.3 Å². The van der Waals surface area contributed by atoms with Gasteiger partial charge in [0.25, 0.3) is 5.91 Å². The van der Waals surface area contributed by atoms with Crippen molar-refractivity contribution in [3.8, 4) is 6.07 Å². The third kappa shape index (κ3) is 3.14. The number of aryl methyl sites for hydroxylation is 1. The number of aromatic nitrogens is 2. The fraction of sp³-hybridized carbons (Fsp3) is 0.0769. The van der Waals surface area contributed by atoms with Gasteiger partial charge in [-0.3, -0.25) is 4.79 Å². The number of pyridine rings is 2. The van der Waals surface area contributed by atoms with Gasteiger partial charge in [-0.05, 0) is 47.1 Å². The highest BCUT2D eigenvalue weighted by Crippen LogP contribution is 2.16. The van der Waals surface area contributed by atoms with Crippen LogP contribution in [0.3, 0.4) is 0 Å². The molecule has 0 fully saturated rings. The number of nitrogens with one attached hydrogen (secondary N) is 1. The number of hydrogen-bond donors (Lipinski definition) is 1. The Labute approximate surface area is 118 Å². The molecule has 0 aromatic carbocycles. The van der Waals surface area contributed by atoms with E-state index in [0.717, 1.165) is 10.2 Å². The number of rotatable bonds is 2. The Balaban J connectivity index is 2.16. The molecule has 0 unspecified atom stereocenters. The second-order valence-electron chi connectivity index (χ2n) is 3.76. The molecular formula is C13H9BrN4O. The minimum atomic E-state index is -0.362. The SMILES string of the molecule is Cc1nc(NC(=O)c2ccc(C#N)cn2)ccc1Br. The highest BCUT2D eigenvalue weighted by molar-refractivity contribution is 9.10. The predicted molar refractivity (Wildman–Crippen MR) is 73.6 cm³/mol. The topological polar surface area (TPSA) is 78.7 Å². The number of nitrogens with zero attached hydrogens (tertiary/aromatic N) is 3. The van der Waals surface area contributed by atoms with Gasteiger partial charge in [-0.25, -0.2) is 9.97 Å². The monoisotopic (exact) mass is 316 g/mol. The molecule has 0 spiro atoms. The summed E-state index contributed by atoms with van der Waals surface area (Å²) in [6.45, 7) is 1.83. The molecule has 2 heterocycles. The van der Waals surface area contributed by atoms with Crippen molar-refractivity contribution in [1.29, 1.82) is 5.26 Å². The molecule has 6 heteroatoms. The molecule has 2 rings (SSSR count). The summed E-state index contributed by atoms with van der Waals surface area (Å²) < 4.78 is 0.877. The number of carbonyl (C=O) groups is 1. The van der Waals surface area contributed by atoms with E-state index >= 15 is 0 Å². The van der Waals surface area contributed by atoms with Crippen LogP contribution in [0, 0.1) is 18.3 Å². The molecule has 0 radical (unpaired) electrons. The van der Waals surface area contributed by atoms with Crippen LogP contribution in [0.1, 0.15) is 21.7 Å². The van der Waals surface area contributed by atoms with Crippen molar-refractivity contribution >= 4 is 27.7 Å². The third-order valence-electron chi connectivity index (χ3n) is 2.39. The summed E-state index contributed by atoms with van der Waals surface area (Å²) in [6.07, 6.45) is 1.36. The van der Waals surface area contributed by atoms with E-state index in [4.69, 9.17) is 5.26 Å². The highest BCUT2D eigenvalue weighted by Gasteiger charge is 2.09. The molecule has 1 N–H and O–H groups in total. The van der Waals surface area contributed by atoms with Crippen molar-refractivity contribution in [2.75, 3.05) is 5.32 Å². The van der Waals surface area contributed by atoms with E-state index in [-0.39, 0.29) is 11.6 Å². The smallest absolute Gasteiger partial charge is 0.275 e. The van der Waals surface area contributed by atoms with Crippen LogP contribution in [0.5, 0.6) is 0 Å². The number of anilines is 1. The van der Waals surface area contributed by atoms with Gasteiger partial charge in [0.1, 0.15) is 17.6 Å². The predicted octanol–water partition coefficient (Wildman–Crippen LogP) is 2.67. The van der Waals surface area contributed by atoms with Crippen molar-refractivity contribution in [1.82, 2.24) is 9.97 Å². The van der Waals surface area contributed by atoms with Gasteiger partial charge >= 0.3 is 0 Å². The van der Waals surface area contributed by atoms with Crippen molar-refractivity contribution in [3.05, 3.63) is 51.9 Å². The van der Waals surface area contributed by atoms with Gasteiger partial charge in [-0.2, -0.15) is 5.26 Å². The van der Waals surface area contributed by atoms with Gasteiger partial charge in [-0.15, -0.1) is 0 Å². The third-order valence-corrected chi connectivity index (χ3v) is 3.23. The number of amides is 1. The Morgan fingerprint density at radius 1 is 1.37 bits per heavy atom. The summed E-state index contributed by atoms with van der Waals surface area (Å²) in [4.78, 5) is 20.0. The molecule has 0 atom stereocenters. The maximum absolute atomic E-state index is 11.9. The molecule has 0 aliphatic carbocycles. The van der Waals surface area contributed by atoms with Crippen molar-refractivity contribution < 1.29 is 4.79 Å². The Morgan fingerprint density at radius 2 is 2.16 bits per heavy atom. The van der Waals surface area contributed by atoms with Crippen LogP contribution in [-0.4, -0.2) is 15.9 Å². The van der Waals surface area contributed by atoms with E-state index < -0.39 is 0 Å². The normalized spacial score (nSPS) is 9.74. The van der Waals surface area contributed by atoms with Gasteiger partial charge in [0.15, 0.2) is 0 Å². The van der Waals surface area contributed by atoms with Crippen LogP contribution in [0.25, 0.3) is 0 Å². The standard InChI is InChI=1S/C13H9BrN4O/c1-8-10(14)3-5-12(17-8)18-13(19)11-4-2-9(6-15)7-16-11/h2-5,7H,1H3,(H,17,18,19). The van der Waals surface area contributed by atoms with Crippen LogP contribution in [-0.2, 0) is 0 Å². The Bertz CT molecular complexity index is 661. The van der Waals surface area contributed by atoms with E-state index in [1.807, 2.05) is 19.1 Å². The number of carbonyl (C=O) groups excluding carboxylic acids is 1. The lowest BCUT2D eigenvalue weighted by atomic mass is 10.2. The molecule has 94 valence electrons. The van der Waals surface area contributed by atoms with Gasteiger partial charge in [0.2, 0.25) is 0 Å². The van der Waals surface area contributed by atoms with E-state index in [2.05, 4.69) is 31.2 Å². The number of nitriles is 1. The fourth-order valence-electron chi connectivity index (χ4n) is 1.39. The summed E-state index contributed by atoms with van der Waals surface area (Å²) in [5, 5.41) is 11.3. The summed E-state index contributed by atoms with van der Waals surface area (Å²) in [5.41, 5.74) is 1.43. The molecule has 0 saturated heterocycles. The molecule has 2 aromatic heterocycles. The van der Waals surface area contributed by atoms with Crippen molar-refractivity contribution in [3.63, 3.8) is 0 Å². The molecular weight excluding hydrogens is 308 g/mol. The van der Waals surface area contributed by atoms with E-state index in [1.54, 1.807) is 12.1 Å². The first kappa shape index (κ1) is 13.2. The van der Waals surface area contributed by atoms with Crippen LogP contribution in [0.15, 0.2) is 34.9 Å². The first-order chi connectivity index (χ1) is 9.10. The maximum atomic E-state index is 11.9. The van der Waals surface area contributed by atoms with Crippen LogP contribution in [0.4, 0.5) is 5.82 Å². The molecule has 0 aliphatic rings. The molecule has 5 nitrogen and oxygen atoms in total. The first-order valence-electron chi connectivity index (χ1n) is 5.41. The van der Waals surface area contributed by atoms with Crippen LogP contribution < -0.4 is 5.32 Å². The highest BCUT2D eigenvalue weighted by atomic mass is 79.9. The minimum absolute atomic E-state index is 0.237. The first-order valence-corrected chi connectivity index (χ1v) is 6.20. The summed E-state index contributed by atoms with van der Waals surface area (Å²) in [7, 11) is 0. The largest absolute Gasteiger partial charge is 0.305 e. The zero-order chi connectivity index (χ0) is 13.8. The zero-order valence-electron chi connectivity index (χ0n) is 10.0.